The van der Waals surface area contributed by atoms with Crippen LogP contribution in [-0.2, 0) is 16.1 Å². The van der Waals surface area contributed by atoms with Crippen molar-refractivity contribution in [1.29, 1.82) is 0 Å². The molecule has 0 bridgehead atoms. The van der Waals surface area contributed by atoms with E-state index < -0.39 is 12.1 Å². The highest BCUT2D eigenvalue weighted by Crippen LogP contribution is 2.00. The summed E-state index contributed by atoms with van der Waals surface area (Å²) in [6.45, 7) is 4.30. The topological polar surface area (TPSA) is 64.4 Å². The molecule has 5 nitrogen and oxygen atoms in total. The summed E-state index contributed by atoms with van der Waals surface area (Å²) in [7, 11) is 0. The van der Waals surface area contributed by atoms with Gasteiger partial charge in [-0.1, -0.05) is 0 Å². The first kappa shape index (κ1) is 10.7. The second-order valence-electron chi connectivity index (χ2n) is 3.02. The third-order valence-corrected chi connectivity index (χ3v) is 1.76. The van der Waals surface area contributed by atoms with Crippen LogP contribution >= 0.6 is 0 Å². The van der Waals surface area contributed by atoms with Gasteiger partial charge < -0.3 is 9.84 Å². The summed E-state index contributed by atoms with van der Waals surface area (Å²) in [5.74, 6) is -0.958. The van der Waals surface area contributed by atoms with Crippen LogP contribution in [0.3, 0.4) is 0 Å². The number of hydrogen-bond acceptors (Lipinski definition) is 3. The van der Waals surface area contributed by atoms with Crippen LogP contribution in [0.5, 0.6) is 0 Å². The number of aliphatic carboxylic acids is 1. The Balaban J connectivity index is 2.59. The molecule has 5 heteroatoms. The Morgan fingerprint density at radius 2 is 2.50 bits per heavy atom. The van der Waals surface area contributed by atoms with E-state index >= 15 is 0 Å². The highest BCUT2D eigenvalue weighted by atomic mass is 16.5. The van der Waals surface area contributed by atoms with E-state index in [1.165, 1.54) is 0 Å². The second kappa shape index (κ2) is 4.76. The zero-order chi connectivity index (χ0) is 10.6. The molecule has 1 rings (SSSR count). The maximum absolute atomic E-state index is 10.7. The second-order valence-corrected chi connectivity index (χ2v) is 3.02. The molecule has 1 aromatic rings. The van der Waals surface area contributed by atoms with Gasteiger partial charge in [0.15, 0.2) is 6.10 Å². The number of carboxylic acid groups (broad SMARTS) is 1. The lowest BCUT2D eigenvalue weighted by Gasteiger charge is -2.11. The number of rotatable bonds is 5. The molecular weight excluding hydrogens is 184 g/mol. The van der Waals surface area contributed by atoms with Crippen molar-refractivity contribution < 1.29 is 14.6 Å². The first-order valence-electron chi connectivity index (χ1n) is 4.47. The minimum atomic E-state index is -0.958. The number of aryl methyl sites for hydroxylation is 1. The standard InChI is InChI=1S/C9H14N2O3/c1-3-14-8(9(12)13)6-11-5-7(2)4-10-11/h4-5,8H,3,6H2,1-2H3,(H,12,13). The van der Waals surface area contributed by atoms with Crippen LogP contribution in [0.1, 0.15) is 12.5 Å². The average Bonchev–Trinajstić information content (AvgIpc) is 2.50. The number of hydrogen-bond donors (Lipinski definition) is 1. The Morgan fingerprint density at radius 3 is 2.93 bits per heavy atom. The Morgan fingerprint density at radius 1 is 1.79 bits per heavy atom. The molecule has 1 aromatic heterocycles. The molecule has 1 unspecified atom stereocenters. The smallest absolute Gasteiger partial charge is 0.334 e. The lowest BCUT2D eigenvalue weighted by atomic mass is 10.3. The van der Waals surface area contributed by atoms with E-state index in [9.17, 15) is 4.79 Å². The zero-order valence-corrected chi connectivity index (χ0v) is 8.30. The lowest BCUT2D eigenvalue weighted by molar-refractivity contribution is -0.151. The zero-order valence-electron chi connectivity index (χ0n) is 8.30. The van der Waals surface area contributed by atoms with Crippen molar-refractivity contribution in [3.05, 3.63) is 18.0 Å². The molecule has 1 N–H and O–H groups in total. The minimum Gasteiger partial charge on any atom is -0.479 e. The van der Waals surface area contributed by atoms with Gasteiger partial charge in [0.25, 0.3) is 0 Å². The van der Waals surface area contributed by atoms with Crippen molar-refractivity contribution in [3.63, 3.8) is 0 Å². The Bertz CT molecular complexity index is 309. The maximum Gasteiger partial charge on any atom is 0.334 e. The highest BCUT2D eigenvalue weighted by Gasteiger charge is 2.18. The summed E-state index contributed by atoms with van der Waals surface area (Å²) in [5.41, 5.74) is 1.01. The van der Waals surface area contributed by atoms with Crippen LogP contribution in [0.15, 0.2) is 12.4 Å². The molecule has 0 amide bonds. The molecule has 0 aliphatic carbocycles. The van der Waals surface area contributed by atoms with Crippen molar-refractivity contribution in [2.75, 3.05) is 6.61 Å². The molecule has 78 valence electrons. The van der Waals surface area contributed by atoms with Gasteiger partial charge in [0.05, 0.1) is 12.7 Å². The molecule has 0 saturated heterocycles. The molecular formula is C9H14N2O3. The van der Waals surface area contributed by atoms with Crippen molar-refractivity contribution in [3.8, 4) is 0 Å². The number of nitrogens with zero attached hydrogens (tertiary/aromatic N) is 2. The first-order valence-corrected chi connectivity index (χ1v) is 4.47. The van der Waals surface area contributed by atoms with E-state index in [2.05, 4.69) is 5.10 Å². The van der Waals surface area contributed by atoms with Crippen LogP contribution < -0.4 is 0 Å². The summed E-state index contributed by atoms with van der Waals surface area (Å²) in [4.78, 5) is 10.7. The Kier molecular flexibility index (Phi) is 3.64. The average molecular weight is 198 g/mol. The largest absolute Gasteiger partial charge is 0.479 e. The minimum absolute atomic E-state index is 0.247. The van der Waals surface area contributed by atoms with Gasteiger partial charge in [-0.25, -0.2) is 4.79 Å². The fourth-order valence-corrected chi connectivity index (χ4v) is 1.14. The molecule has 0 radical (unpaired) electrons. The number of carboxylic acids is 1. The van der Waals surface area contributed by atoms with Crippen LogP contribution in [0.2, 0.25) is 0 Å². The van der Waals surface area contributed by atoms with Crippen molar-refractivity contribution in [2.45, 2.75) is 26.5 Å². The van der Waals surface area contributed by atoms with E-state index in [0.29, 0.717) is 6.61 Å². The molecule has 1 atom stereocenters. The van der Waals surface area contributed by atoms with Gasteiger partial charge in [-0.2, -0.15) is 5.10 Å². The van der Waals surface area contributed by atoms with E-state index in [-0.39, 0.29) is 6.54 Å². The first-order chi connectivity index (χ1) is 6.63. The highest BCUT2D eigenvalue weighted by molar-refractivity contribution is 5.72. The van der Waals surface area contributed by atoms with Gasteiger partial charge in [-0.15, -0.1) is 0 Å². The van der Waals surface area contributed by atoms with E-state index in [4.69, 9.17) is 9.84 Å². The van der Waals surface area contributed by atoms with Gasteiger partial charge in [0.2, 0.25) is 0 Å². The van der Waals surface area contributed by atoms with Gasteiger partial charge in [0.1, 0.15) is 0 Å². The van der Waals surface area contributed by atoms with Gasteiger partial charge in [-0.05, 0) is 19.4 Å². The predicted octanol–water partition coefficient (Wildman–Crippen LogP) is 0.681. The molecule has 0 fully saturated rings. The Labute approximate surface area is 82.3 Å². The van der Waals surface area contributed by atoms with E-state index in [1.54, 1.807) is 24.0 Å². The van der Waals surface area contributed by atoms with Gasteiger partial charge in [0, 0.05) is 12.8 Å². The molecule has 0 aliphatic rings. The number of ether oxygens (including phenoxy) is 1. The van der Waals surface area contributed by atoms with Crippen LogP contribution in [0.25, 0.3) is 0 Å². The van der Waals surface area contributed by atoms with E-state index in [1.807, 2.05) is 6.92 Å². The van der Waals surface area contributed by atoms with Crippen LogP contribution in [-0.4, -0.2) is 33.6 Å². The van der Waals surface area contributed by atoms with E-state index in [0.717, 1.165) is 5.56 Å². The fraction of sp³-hybridized carbons (Fsp3) is 0.556. The SMILES string of the molecule is CCOC(Cn1cc(C)cn1)C(=O)O. The third kappa shape index (κ3) is 2.85. The molecule has 14 heavy (non-hydrogen) atoms. The lowest BCUT2D eigenvalue weighted by Crippen LogP contribution is -2.29. The monoisotopic (exact) mass is 198 g/mol. The molecule has 0 saturated carbocycles. The maximum atomic E-state index is 10.7. The molecule has 0 aromatic carbocycles. The molecule has 1 heterocycles. The summed E-state index contributed by atoms with van der Waals surface area (Å²) in [6, 6.07) is 0. The summed E-state index contributed by atoms with van der Waals surface area (Å²) in [5, 5.41) is 12.8. The van der Waals surface area contributed by atoms with Crippen molar-refractivity contribution in [2.24, 2.45) is 0 Å². The Hall–Kier alpha value is -1.36. The normalized spacial score (nSPS) is 12.7. The third-order valence-electron chi connectivity index (χ3n) is 1.76. The molecule has 0 spiro atoms. The van der Waals surface area contributed by atoms with Gasteiger partial charge >= 0.3 is 5.97 Å². The summed E-state index contributed by atoms with van der Waals surface area (Å²) >= 11 is 0. The van der Waals surface area contributed by atoms with Crippen molar-refractivity contribution in [1.82, 2.24) is 9.78 Å². The summed E-state index contributed by atoms with van der Waals surface area (Å²) in [6.07, 6.45) is 2.65. The summed E-state index contributed by atoms with van der Waals surface area (Å²) < 4.78 is 6.63. The fourth-order valence-electron chi connectivity index (χ4n) is 1.14. The van der Waals surface area contributed by atoms with Crippen LogP contribution in [0, 0.1) is 6.92 Å². The van der Waals surface area contributed by atoms with Crippen LogP contribution in [0.4, 0.5) is 0 Å². The quantitative estimate of drug-likeness (QED) is 0.755. The number of aromatic nitrogens is 2. The predicted molar refractivity (Wildman–Crippen MR) is 50.0 cm³/mol. The molecule has 0 aliphatic heterocycles. The number of carbonyl (C=O) groups is 1. The van der Waals surface area contributed by atoms with Gasteiger partial charge in [-0.3, -0.25) is 4.68 Å². The van der Waals surface area contributed by atoms with Crippen molar-refractivity contribution >= 4 is 5.97 Å².